The van der Waals surface area contributed by atoms with Gasteiger partial charge in [0.1, 0.15) is 6.61 Å². The second-order valence-electron chi connectivity index (χ2n) is 3.23. The number of hydrogen-bond acceptors (Lipinski definition) is 3. The first-order chi connectivity index (χ1) is 5.84. The smallest absolute Gasteiger partial charge is 0.309 e. The summed E-state index contributed by atoms with van der Waals surface area (Å²) in [5.74, 6) is -0.0194. The van der Waals surface area contributed by atoms with E-state index < -0.39 is 0 Å². The number of carbonyl (C=O) groups excluding carboxylic acids is 1. The van der Waals surface area contributed by atoms with Crippen LogP contribution in [0.15, 0.2) is 0 Å². The molecule has 0 aliphatic heterocycles. The molecule has 1 fully saturated rings. The van der Waals surface area contributed by atoms with Gasteiger partial charge < -0.3 is 9.84 Å². The summed E-state index contributed by atoms with van der Waals surface area (Å²) < 4.78 is 4.84. The molecule has 1 N–H and O–H groups in total. The van der Waals surface area contributed by atoms with Gasteiger partial charge in [-0.3, -0.25) is 4.79 Å². The van der Waals surface area contributed by atoms with Crippen LogP contribution < -0.4 is 0 Å². The Labute approximate surface area is 103 Å². The van der Waals surface area contributed by atoms with E-state index in [2.05, 4.69) is 0 Å². The third-order valence-electron chi connectivity index (χ3n) is 2.27. The van der Waals surface area contributed by atoms with Crippen molar-refractivity contribution >= 4 is 5.97 Å². The molecule has 0 saturated heterocycles. The largest absolute Gasteiger partial charge is 0.463 e. The zero-order valence-corrected chi connectivity index (χ0v) is 12.0. The summed E-state index contributed by atoms with van der Waals surface area (Å²) in [5.41, 5.74) is 0. The molecule has 0 aromatic carbocycles. The van der Waals surface area contributed by atoms with Crippen molar-refractivity contribution in [1.29, 1.82) is 0 Å². The van der Waals surface area contributed by atoms with E-state index in [1.165, 1.54) is 6.42 Å². The number of rotatable bonds is 3. The Balaban J connectivity index is 0.00000144. The Morgan fingerprint density at radius 3 is 2.46 bits per heavy atom. The standard InChI is InChI=1S/C9H16O3.U/c10-6-7-12-9(11)8-4-2-1-3-5-8;/h8,10H,1-7H2;. The second-order valence-corrected chi connectivity index (χ2v) is 3.23. The minimum Gasteiger partial charge on any atom is -0.463 e. The van der Waals surface area contributed by atoms with E-state index in [1.54, 1.807) is 0 Å². The summed E-state index contributed by atoms with van der Waals surface area (Å²) >= 11 is 0. The van der Waals surface area contributed by atoms with Gasteiger partial charge in [0.15, 0.2) is 0 Å². The van der Waals surface area contributed by atoms with Crippen molar-refractivity contribution < 1.29 is 45.8 Å². The Morgan fingerprint density at radius 2 is 1.92 bits per heavy atom. The van der Waals surface area contributed by atoms with Crippen molar-refractivity contribution in [2.24, 2.45) is 5.92 Å². The van der Waals surface area contributed by atoms with Gasteiger partial charge in [0, 0.05) is 31.1 Å². The molecular formula is C9H16O3U. The van der Waals surface area contributed by atoms with Gasteiger partial charge in [0.2, 0.25) is 0 Å². The molecule has 0 bridgehead atoms. The third-order valence-corrected chi connectivity index (χ3v) is 2.27. The molecule has 1 saturated carbocycles. The van der Waals surface area contributed by atoms with Crippen molar-refractivity contribution in [3.05, 3.63) is 0 Å². The fraction of sp³-hybridized carbons (Fsp3) is 0.889. The monoisotopic (exact) mass is 410 g/mol. The summed E-state index contributed by atoms with van der Waals surface area (Å²) in [4.78, 5) is 11.2. The van der Waals surface area contributed by atoms with Gasteiger partial charge in [-0.25, -0.2) is 0 Å². The molecule has 13 heavy (non-hydrogen) atoms. The van der Waals surface area contributed by atoms with Crippen LogP contribution in [-0.4, -0.2) is 24.3 Å². The van der Waals surface area contributed by atoms with E-state index in [0.29, 0.717) is 0 Å². The van der Waals surface area contributed by atoms with Crippen LogP contribution in [0.25, 0.3) is 0 Å². The van der Waals surface area contributed by atoms with E-state index >= 15 is 0 Å². The average molecular weight is 410 g/mol. The third kappa shape index (κ3) is 5.05. The minimum atomic E-state index is -0.122. The summed E-state index contributed by atoms with van der Waals surface area (Å²) in [5, 5.41) is 8.44. The quantitative estimate of drug-likeness (QED) is 0.710. The summed E-state index contributed by atoms with van der Waals surface area (Å²) in [6, 6.07) is 0. The molecule has 0 spiro atoms. The van der Waals surface area contributed by atoms with Crippen molar-refractivity contribution in [1.82, 2.24) is 0 Å². The molecule has 0 heterocycles. The second kappa shape index (κ2) is 7.85. The van der Waals surface area contributed by atoms with Crippen LogP contribution in [0.4, 0.5) is 0 Å². The maximum Gasteiger partial charge on any atom is 0.309 e. The molecule has 74 valence electrons. The topological polar surface area (TPSA) is 46.5 Å². The Morgan fingerprint density at radius 1 is 1.31 bits per heavy atom. The van der Waals surface area contributed by atoms with Gasteiger partial charge in [-0.05, 0) is 12.8 Å². The molecular weight excluding hydrogens is 394 g/mol. The molecule has 1 aliphatic carbocycles. The van der Waals surface area contributed by atoms with Crippen LogP contribution in [0, 0.1) is 37.0 Å². The molecule has 0 aromatic rings. The summed E-state index contributed by atoms with van der Waals surface area (Å²) in [6.07, 6.45) is 5.44. The first-order valence-electron chi connectivity index (χ1n) is 4.62. The predicted octanol–water partition coefficient (Wildman–Crippen LogP) is 1.10. The van der Waals surface area contributed by atoms with Crippen LogP contribution >= 0.6 is 0 Å². The van der Waals surface area contributed by atoms with Crippen LogP contribution in [0.5, 0.6) is 0 Å². The zero-order valence-electron chi connectivity index (χ0n) is 7.79. The molecule has 0 amide bonds. The Bertz CT molecular complexity index is 144. The molecule has 3 nitrogen and oxygen atoms in total. The van der Waals surface area contributed by atoms with Crippen LogP contribution in [0.3, 0.4) is 0 Å². The number of aliphatic hydroxyl groups excluding tert-OH is 1. The first-order valence-corrected chi connectivity index (χ1v) is 4.62. The first kappa shape index (κ1) is 13.5. The van der Waals surface area contributed by atoms with E-state index in [0.717, 1.165) is 25.7 Å². The Kier molecular flexibility index (Phi) is 8.14. The maximum absolute atomic E-state index is 11.2. The van der Waals surface area contributed by atoms with Crippen LogP contribution in [-0.2, 0) is 9.53 Å². The van der Waals surface area contributed by atoms with Gasteiger partial charge in [-0.2, -0.15) is 0 Å². The van der Waals surface area contributed by atoms with Crippen molar-refractivity contribution in [3.63, 3.8) is 0 Å². The number of hydrogen-bond donors (Lipinski definition) is 1. The molecule has 4 heteroatoms. The molecule has 1 rings (SSSR count). The Hall–Kier alpha value is 0.482. The van der Waals surface area contributed by atoms with Crippen molar-refractivity contribution in [2.75, 3.05) is 13.2 Å². The van der Waals surface area contributed by atoms with Gasteiger partial charge in [-0.1, -0.05) is 19.3 Å². The molecule has 1 aliphatic rings. The predicted molar refractivity (Wildman–Crippen MR) is 44.6 cm³/mol. The van der Waals surface area contributed by atoms with Gasteiger partial charge in [-0.15, -0.1) is 0 Å². The van der Waals surface area contributed by atoms with Gasteiger partial charge in [0.25, 0.3) is 0 Å². The molecule has 0 radical (unpaired) electrons. The van der Waals surface area contributed by atoms with E-state index in [9.17, 15) is 4.79 Å². The van der Waals surface area contributed by atoms with Crippen LogP contribution in [0.1, 0.15) is 32.1 Å². The van der Waals surface area contributed by atoms with Crippen molar-refractivity contribution in [2.45, 2.75) is 32.1 Å². The fourth-order valence-corrected chi connectivity index (χ4v) is 1.60. The zero-order chi connectivity index (χ0) is 8.81. The SMILES string of the molecule is O=C(OCCO)C1CCCCC1.[U]. The van der Waals surface area contributed by atoms with Gasteiger partial charge >= 0.3 is 5.97 Å². The normalized spacial score (nSPS) is 17.6. The summed E-state index contributed by atoms with van der Waals surface area (Å²) in [7, 11) is 0. The molecule has 0 aromatic heterocycles. The number of aliphatic hydroxyl groups is 1. The van der Waals surface area contributed by atoms with Crippen LogP contribution in [0.2, 0.25) is 0 Å². The van der Waals surface area contributed by atoms with Gasteiger partial charge in [0.05, 0.1) is 12.5 Å². The van der Waals surface area contributed by atoms with E-state index in [1.807, 2.05) is 0 Å². The minimum absolute atomic E-state index is 0. The number of esters is 1. The number of ether oxygens (including phenoxy) is 1. The number of carbonyl (C=O) groups is 1. The average Bonchev–Trinajstić information content (AvgIpc) is 2.15. The molecule has 0 unspecified atom stereocenters. The summed E-state index contributed by atoms with van der Waals surface area (Å²) in [6.45, 7) is 0.0772. The molecule has 0 atom stereocenters. The van der Waals surface area contributed by atoms with Crippen molar-refractivity contribution in [3.8, 4) is 0 Å². The maximum atomic E-state index is 11.2. The van der Waals surface area contributed by atoms with E-state index in [-0.39, 0.29) is 56.2 Å². The van der Waals surface area contributed by atoms with E-state index in [4.69, 9.17) is 9.84 Å². The fourth-order valence-electron chi connectivity index (χ4n) is 1.60.